The molecule has 0 saturated carbocycles. The van der Waals surface area contributed by atoms with Gasteiger partial charge in [-0.25, -0.2) is 0 Å². The van der Waals surface area contributed by atoms with Crippen molar-refractivity contribution in [1.82, 2.24) is 5.32 Å². The van der Waals surface area contributed by atoms with Crippen LogP contribution in [0.15, 0.2) is 0 Å². The van der Waals surface area contributed by atoms with Crippen molar-refractivity contribution >= 4 is 5.97 Å². The normalized spacial score (nSPS) is 16.6. The Kier molecular flexibility index (Phi) is 19.5. The van der Waals surface area contributed by atoms with Crippen LogP contribution in [0.25, 0.3) is 0 Å². The van der Waals surface area contributed by atoms with Crippen molar-refractivity contribution in [3.63, 3.8) is 0 Å². The smallest absolute Gasteiger partial charge is 1.00 e. The van der Waals surface area contributed by atoms with Crippen molar-refractivity contribution in [2.75, 3.05) is 13.2 Å². The van der Waals surface area contributed by atoms with Crippen LogP contribution in [0.3, 0.4) is 0 Å². The molecule has 1 fully saturated rings. The van der Waals surface area contributed by atoms with Gasteiger partial charge in [0.25, 0.3) is 0 Å². The summed E-state index contributed by atoms with van der Waals surface area (Å²) in [6, 6.07) is -0.0309. The fourth-order valence-corrected chi connectivity index (χ4v) is 3.46. The van der Waals surface area contributed by atoms with E-state index in [0.29, 0.717) is 6.61 Å². The summed E-state index contributed by atoms with van der Waals surface area (Å²) >= 11 is 0. The van der Waals surface area contributed by atoms with E-state index < -0.39 is 0 Å². The second kappa shape index (κ2) is 19.2. The number of hydrogen-bond acceptors (Lipinski definition) is 3. The molecule has 0 aromatic carbocycles. The third-order valence-electron chi connectivity index (χ3n) is 5.09. The van der Waals surface area contributed by atoms with E-state index in [9.17, 15) is 4.79 Å². The monoisotopic (exact) mass is 363 g/mol. The molecule has 144 valence electrons. The quantitative estimate of drug-likeness (QED) is 0.260. The summed E-state index contributed by atoms with van der Waals surface area (Å²) in [7, 11) is 0. The molecule has 1 saturated heterocycles. The molecule has 1 atom stereocenters. The number of hydrogen-bond donors (Lipinski definition) is 1. The molecule has 0 aromatic rings. The number of unbranched alkanes of at least 4 members (excludes halogenated alkanes) is 13. The van der Waals surface area contributed by atoms with Gasteiger partial charge in [-0.15, -0.1) is 0 Å². The summed E-state index contributed by atoms with van der Waals surface area (Å²) < 4.78 is 5.33. The van der Waals surface area contributed by atoms with E-state index >= 15 is 0 Å². The number of carbonyl (C=O) groups excluding carboxylic acids is 1. The zero-order valence-electron chi connectivity index (χ0n) is 18.1. The Morgan fingerprint density at radius 2 is 1.36 bits per heavy atom. The molecule has 0 radical (unpaired) electrons. The van der Waals surface area contributed by atoms with Crippen molar-refractivity contribution in [2.45, 2.75) is 116 Å². The molecule has 1 rings (SSSR count). The van der Waals surface area contributed by atoms with Crippen LogP contribution in [-0.2, 0) is 9.53 Å². The molecule has 0 unspecified atom stereocenters. The predicted molar refractivity (Wildman–Crippen MR) is 103 cm³/mol. The average molecular weight is 364 g/mol. The molecule has 0 spiro atoms. The minimum absolute atomic E-state index is 0. The van der Waals surface area contributed by atoms with Gasteiger partial charge in [-0.05, 0) is 25.8 Å². The maximum atomic E-state index is 11.7. The number of ether oxygens (including phenoxy) is 1. The first-order valence-corrected chi connectivity index (χ1v) is 10.7. The Morgan fingerprint density at radius 1 is 0.880 bits per heavy atom. The first-order valence-electron chi connectivity index (χ1n) is 10.7. The van der Waals surface area contributed by atoms with Gasteiger partial charge in [-0.2, -0.15) is 0 Å². The molecule has 0 aromatic heterocycles. The zero-order valence-corrected chi connectivity index (χ0v) is 19.1. The van der Waals surface area contributed by atoms with Gasteiger partial charge in [0.15, 0.2) is 0 Å². The first-order chi connectivity index (χ1) is 11.8. The van der Waals surface area contributed by atoms with Gasteiger partial charge in [0.05, 0.1) is 6.61 Å². The van der Waals surface area contributed by atoms with Gasteiger partial charge in [0, 0.05) is 0 Å². The molecule has 1 aliphatic heterocycles. The van der Waals surface area contributed by atoms with Crippen LogP contribution in [0, 0.1) is 0 Å². The van der Waals surface area contributed by atoms with Gasteiger partial charge in [-0.3, -0.25) is 4.79 Å². The van der Waals surface area contributed by atoms with Crippen LogP contribution in [0.1, 0.15) is 111 Å². The van der Waals surface area contributed by atoms with Crippen molar-refractivity contribution in [1.29, 1.82) is 0 Å². The summed E-state index contributed by atoms with van der Waals surface area (Å²) in [4.78, 5) is 11.7. The van der Waals surface area contributed by atoms with Crippen LogP contribution in [0.4, 0.5) is 0 Å². The molecule has 25 heavy (non-hydrogen) atoms. The molecule has 0 aliphatic carbocycles. The largest absolute Gasteiger partial charge is 1.00 e. The molecular weight excluding hydrogens is 321 g/mol. The number of nitrogens with one attached hydrogen (secondary N) is 1. The Hall–Kier alpha value is 0.430. The van der Waals surface area contributed by atoms with Crippen molar-refractivity contribution < 1.29 is 40.5 Å². The van der Waals surface area contributed by atoms with Gasteiger partial charge >= 0.3 is 35.5 Å². The van der Waals surface area contributed by atoms with Gasteiger partial charge in [-0.1, -0.05) is 90.4 Å². The third kappa shape index (κ3) is 15.2. The van der Waals surface area contributed by atoms with E-state index in [1.807, 2.05) is 0 Å². The number of rotatable bonds is 16. The van der Waals surface area contributed by atoms with E-state index in [4.69, 9.17) is 4.74 Å². The van der Waals surface area contributed by atoms with E-state index in [2.05, 4.69) is 12.2 Å². The van der Waals surface area contributed by atoms with E-state index in [1.54, 1.807) is 0 Å². The molecule has 1 aliphatic rings. The third-order valence-corrected chi connectivity index (χ3v) is 5.09. The summed E-state index contributed by atoms with van der Waals surface area (Å²) in [6.45, 7) is 3.84. The molecule has 0 amide bonds. The van der Waals surface area contributed by atoms with Crippen LogP contribution in [0.2, 0.25) is 0 Å². The number of carbonyl (C=O) groups is 1. The zero-order chi connectivity index (χ0) is 17.3. The summed E-state index contributed by atoms with van der Waals surface area (Å²) in [5.74, 6) is -0.0396. The molecular formula is C21H42NNaO2. The fraction of sp³-hybridized carbons (Fsp3) is 0.952. The Labute approximate surface area is 180 Å². The first kappa shape index (κ1) is 25.4. The summed E-state index contributed by atoms with van der Waals surface area (Å²) in [5, 5.41) is 3.18. The average Bonchev–Trinajstić information content (AvgIpc) is 3.13. The summed E-state index contributed by atoms with van der Waals surface area (Å²) in [5.41, 5.74) is 0. The summed E-state index contributed by atoms with van der Waals surface area (Å²) in [6.07, 6.45) is 21.0. The van der Waals surface area contributed by atoms with Crippen molar-refractivity contribution in [3.05, 3.63) is 0 Å². The standard InChI is InChI=1S/C21H41NO2.Na.H/c1-2-3-4-5-6-7-8-9-10-11-12-13-14-15-19-24-21(23)20-17-16-18-22-20;;/h20,22H,2-19H2,1H3;;/q;+1;-1/t20-;;/m0../s1. The van der Waals surface area contributed by atoms with Crippen molar-refractivity contribution in [3.8, 4) is 0 Å². The van der Waals surface area contributed by atoms with E-state index in [0.717, 1.165) is 25.8 Å². The minimum Gasteiger partial charge on any atom is -1.00 e. The maximum absolute atomic E-state index is 11.7. The van der Waals surface area contributed by atoms with Crippen LogP contribution >= 0.6 is 0 Å². The van der Waals surface area contributed by atoms with Gasteiger partial charge in [0.2, 0.25) is 0 Å². The second-order valence-electron chi connectivity index (χ2n) is 7.41. The van der Waals surface area contributed by atoms with Crippen LogP contribution < -0.4 is 34.9 Å². The van der Waals surface area contributed by atoms with Crippen LogP contribution in [0.5, 0.6) is 0 Å². The minimum atomic E-state index is -0.0396. The number of esters is 1. The molecule has 1 heterocycles. The Bertz CT molecular complexity index is 300. The van der Waals surface area contributed by atoms with Crippen molar-refractivity contribution in [2.24, 2.45) is 0 Å². The van der Waals surface area contributed by atoms with Crippen LogP contribution in [-0.4, -0.2) is 25.2 Å². The van der Waals surface area contributed by atoms with E-state index in [1.165, 1.54) is 83.5 Å². The molecule has 1 N–H and O–H groups in total. The molecule has 3 nitrogen and oxygen atoms in total. The van der Waals surface area contributed by atoms with Gasteiger partial charge < -0.3 is 11.5 Å². The maximum Gasteiger partial charge on any atom is 1.00 e. The topological polar surface area (TPSA) is 38.3 Å². The predicted octanol–water partition coefficient (Wildman–Crippen LogP) is 2.88. The Morgan fingerprint density at radius 3 is 1.80 bits per heavy atom. The molecule has 0 bridgehead atoms. The van der Waals surface area contributed by atoms with Gasteiger partial charge in [0.1, 0.15) is 6.04 Å². The second-order valence-corrected chi connectivity index (χ2v) is 7.41. The van der Waals surface area contributed by atoms with E-state index in [-0.39, 0.29) is 43.0 Å². The fourth-order valence-electron chi connectivity index (χ4n) is 3.46. The molecule has 4 heteroatoms. The Balaban J connectivity index is 0. The SMILES string of the molecule is CCCCCCCCCCCCCCCCOC(=O)[C@@H]1CCCN1.[H-].[Na+].